The van der Waals surface area contributed by atoms with Gasteiger partial charge in [0.2, 0.25) is 0 Å². The highest BCUT2D eigenvalue weighted by atomic mass is 35.5. The van der Waals surface area contributed by atoms with Gasteiger partial charge in [-0.2, -0.15) is 0 Å². The molecule has 2 aliphatic rings. The Morgan fingerprint density at radius 1 is 1.10 bits per heavy atom. The van der Waals surface area contributed by atoms with Crippen molar-refractivity contribution < 1.29 is 14.4 Å². The lowest BCUT2D eigenvalue weighted by Crippen LogP contribution is -2.67. The van der Waals surface area contributed by atoms with Gasteiger partial charge in [0, 0.05) is 36.2 Å². The lowest BCUT2D eigenvalue weighted by atomic mass is 9.87. The molecule has 0 aliphatic carbocycles. The van der Waals surface area contributed by atoms with Gasteiger partial charge in [0.25, 0.3) is 5.91 Å². The van der Waals surface area contributed by atoms with E-state index in [4.69, 9.17) is 11.6 Å². The molecule has 8 heteroatoms. The summed E-state index contributed by atoms with van der Waals surface area (Å²) in [6, 6.07) is 13.3. The van der Waals surface area contributed by atoms with Crippen LogP contribution in [0.1, 0.15) is 28.4 Å². The minimum Gasteiger partial charge on any atom is -0.297 e. The number of carbonyl (C=O) groups is 3. The van der Waals surface area contributed by atoms with Crippen LogP contribution in [0.2, 0.25) is 5.02 Å². The van der Waals surface area contributed by atoms with Gasteiger partial charge in [-0.05, 0) is 36.8 Å². The van der Waals surface area contributed by atoms with Crippen LogP contribution in [-0.4, -0.2) is 58.8 Å². The van der Waals surface area contributed by atoms with E-state index in [9.17, 15) is 14.4 Å². The molecule has 0 bridgehead atoms. The molecule has 2 aromatic carbocycles. The van der Waals surface area contributed by atoms with Crippen molar-refractivity contribution in [1.29, 1.82) is 0 Å². The topological polar surface area (TPSA) is 82.4 Å². The Labute approximate surface area is 178 Å². The molecule has 152 valence electrons. The third-order valence-electron chi connectivity index (χ3n) is 5.48. The van der Waals surface area contributed by atoms with E-state index < -0.39 is 17.6 Å². The van der Waals surface area contributed by atoms with Crippen LogP contribution in [0.15, 0.2) is 58.5 Å². The molecule has 0 aromatic heterocycles. The largest absolute Gasteiger partial charge is 0.328 e. The van der Waals surface area contributed by atoms with Crippen LogP contribution in [0.25, 0.3) is 0 Å². The molecule has 1 atom stereocenters. The Kier molecular flexibility index (Phi) is 4.99. The second-order valence-corrected chi connectivity index (χ2v) is 7.54. The van der Waals surface area contributed by atoms with Crippen LogP contribution >= 0.6 is 11.6 Å². The summed E-state index contributed by atoms with van der Waals surface area (Å²) in [6.07, 6.45) is 1.46. The summed E-state index contributed by atoms with van der Waals surface area (Å²) in [5.74, 6) is -0.634. The maximum atomic E-state index is 13.2. The van der Waals surface area contributed by atoms with Gasteiger partial charge in [-0.3, -0.25) is 19.4 Å². The van der Waals surface area contributed by atoms with Crippen LogP contribution in [0, 0.1) is 0 Å². The average Bonchev–Trinajstić information content (AvgIpc) is 3.18. The summed E-state index contributed by atoms with van der Waals surface area (Å²) in [5, 5.41) is 0.543. The maximum Gasteiger partial charge on any atom is 0.328 e. The summed E-state index contributed by atoms with van der Waals surface area (Å²) >= 11 is 5.94. The summed E-state index contributed by atoms with van der Waals surface area (Å²) in [4.78, 5) is 49.9. The number of carbonyl (C=O) groups excluding carboxylic acids is 3. The number of rotatable bonds is 5. The molecule has 2 aromatic rings. The molecule has 2 heterocycles. The number of likely N-dealkylation sites (N-methyl/N-ethyl adjacent to an activating group) is 1. The van der Waals surface area contributed by atoms with E-state index in [1.54, 1.807) is 56.4 Å². The zero-order chi connectivity index (χ0) is 21.5. The number of nitrogens with zero attached hydrogens (tertiary/aromatic N) is 4. The van der Waals surface area contributed by atoms with Gasteiger partial charge in [0.15, 0.2) is 17.2 Å². The van der Waals surface area contributed by atoms with Gasteiger partial charge >= 0.3 is 6.03 Å². The Morgan fingerprint density at radius 3 is 2.50 bits per heavy atom. The van der Waals surface area contributed by atoms with Crippen molar-refractivity contribution >= 4 is 41.4 Å². The molecule has 4 rings (SSSR count). The Bertz CT molecular complexity index is 1110. The average molecular weight is 423 g/mol. The smallest absolute Gasteiger partial charge is 0.297 e. The molecule has 7 nitrogen and oxygen atoms in total. The van der Waals surface area contributed by atoms with Gasteiger partial charge in [-0.1, -0.05) is 35.9 Å². The van der Waals surface area contributed by atoms with Crippen LogP contribution < -0.4 is 0 Å². The first-order chi connectivity index (χ1) is 14.4. The molecule has 0 radical (unpaired) electrons. The van der Waals surface area contributed by atoms with Crippen molar-refractivity contribution in [1.82, 2.24) is 9.80 Å². The van der Waals surface area contributed by atoms with Gasteiger partial charge in [0.1, 0.15) is 6.34 Å². The van der Waals surface area contributed by atoms with Crippen molar-refractivity contribution in [3.63, 3.8) is 0 Å². The van der Waals surface area contributed by atoms with Crippen molar-refractivity contribution in [2.75, 3.05) is 13.6 Å². The van der Waals surface area contributed by atoms with Gasteiger partial charge in [-0.25, -0.2) is 14.8 Å². The first-order valence-corrected chi connectivity index (χ1v) is 9.86. The minimum atomic E-state index is -1.27. The standard InChI is InChI=1S/C22H19ClN4O3/c1-3-27-20(29)19-22(25-13-24-19,26(2)21(27)30)12-15-6-4-5-7-17(15)18(28)14-8-10-16(23)11-9-14/h4-11,13H,3,12H2,1-2H3. The maximum absolute atomic E-state index is 13.2. The normalized spacial score (nSPS) is 20.4. The van der Waals surface area contributed by atoms with Gasteiger partial charge < -0.3 is 0 Å². The third kappa shape index (κ3) is 3.02. The lowest BCUT2D eigenvalue weighted by Gasteiger charge is -2.43. The van der Waals surface area contributed by atoms with Gasteiger partial charge in [-0.15, -0.1) is 0 Å². The monoisotopic (exact) mass is 422 g/mol. The second-order valence-electron chi connectivity index (χ2n) is 7.10. The van der Waals surface area contributed by atoms with Crippen molar-refractivity contribution in [2.24, 2.45) is 9.98 Å². The fourth-order valence-electron chi connectivity index (χ4n) is 3.82. The van der Waals surface area contributed by atoms with E-state index in [1.807, 2.05) is 6.07 Å². The molecular weight excluding hydrogens is 404 g/mol. The Balaban J connectivity index is 1.75. The number of urea groups is 1. The Hall–Kier alpha value is -3.32. The number of benzene rings is 2. The van der Waals surface area contributed by atoms with E-state index in [1.165, 1.54) is 11.2 Å². The lowest BCUT2D eigenvalue weighted by molar-refractivity contribution is -0.123. The minimum absolute atomic E-state index is 0.156. The number of imide groups is 1. The molecular formula is C22H19ClN4O3. The molecule has 0 spiro atoms. The van der Waals surface area contributed by atoms with E-state index >= 15 is 0 Å². The third-order valence-corrected chi connectivity index (χ3v) is 5.73. The molecule has 0 N–H and O–H groups in total. The number of amides is 3. The quantitative estimate of drug-likeness (QED) is 0.694. The highest BCUT2D eigenvalue weighted by molar-refractivity contribution is 6.48. The second kappa shape index (κ2) is 7.50. The molecule has 1 fully saturated rings. The molecule has 2 aliphatic heterocycles. The molecule has 1 saturated heterocycles. The number of fused-ring (bicyclic) bond motifs is 1. The van der Waals surface area contributed by atoms with E-state index in [-0.39, 0.29) is 24.5 Å². The fourth-order valence-corrected chi connectivity index (χ4v) is 3.94. The van der Waals surface area contributed by atoms with Gasteiger partial charge in [0.05, 0.1) is 0 Å². The summed E-state index contributed by atoms with van der Waals surface area (Å²) in [6.45, 7) is 1.97. The predicted molar refractivity (Wildman–Crippen MR) is 114 cm³/mol. The number of hydrogen-bond donors (Lipinski definition) is 0. The van der Waals surface area contributed by atoms with Crippen LogP contribution in [0.3, 0.4) is 0 Å². The number of halogens is 1. The first-order valence-electron chi connectivity index (χ1n) is 9.49. The summed E-state index contributed by atoms with van der Waals surface area (Å²) in [7, 11) is 1.60. The predicted octanol–water partition coefficient (Wildman–Crippen LogP) is 3.21. The van der Waals surface area contributed by atoms with Crippen molar-refractivity contribution in [2.45, 2.75) is 19.0 Å². The van der Waals surface area contributed by atoms with Crippen LogP contribution in [-0.2, 0) is 11.2 Å². The van der Waals surface area contributed by atoms with Crippen molar-refractivity contribution in [3.05, 3.63) is 70.2 Å². The highest BCUT2D eigenvalue weighted by Crippen LogP contribution is 2.33. The first kappa shape index (κ1) is 20.0. The molecule has 0 saturated carbocycles. The molecule has 3 amide bonds. The fraction of sp³-hybridized carbons (Fsp3) is 0.227. The highest BCUT2D eigenvalue weighted by Gasteiger charge is 2.54. The molecule has 30 heavy (non-hydrogen) atoms. The van der Waals surface area contributed by atoms with Crippen LogP contribution in [0.5, 0.6) is 0 Å². The Morgan fingerprint density at radius 2 is 1.80 bits per heavy atom. The van der Waals surface area contributed by atoms with Crippen molar-refractivity contribution in [3.8, 4) is 0 Å². The van der Waals surface area contributed by atoms with E-state index in [0.717, 1.165) is 4.90 Å². The zero-order valence-corrected chi connectivity index (χ0v) is 17.3. The SMILES string of the molecule is CCN1C(=O)C2=NC=NC2(Cc2ccccc2C(=O)c2ccc(Cl)cc2)N(C)C1=O. The number of aliphatic imine (C=N–C) groups is 2. The zero-order valence-electron chi connectivity index (χ0n) is 16.5. The summed E-state index contributed by atoms with van der Waals surface area (Å²) in [5.41, 5.74) is 0.550. The van der Waals surface area contributed by atoms with Crippen LogP contribution in [0.4, 0.5) is 4.79 Å². The number of hydrogen-bond acceptors (Lipinski definition) is 5. The van der Waals surface area contributed by atoms with E-state index in [2.05, 4.69) is 9.98 Å². The molecule has 1 unspecified atom stereocenters. The summed E-state index contributed by atoms with van der Waals surface area (Å²) < 4.78 is 0. The van der Waals surface area contributed by atoms with E-state index in [0.29, 0.717) is 21.7 Å². The number of ketones is 1.